The Morgan fingerprint density at radius 3 is 2.67 bits per heavy atom. The van der Waals surface area contributed by atoms with Crippen LogP contribution in [0.2, 0.25) is 0 Å². The zero-order valence-electron chi connectivity index (χ0n) is 6.69. The first-order valence-corrected chi connectivity index (χ1v) is 3.77. The van der Waals surface area contributed by atoms with Crippen LogP contribution in [0.5, 0.6) is 0 Å². The van der Waals surface area contributed by atoms with Gasteiger partial charge in [0.1, 0.15) is 11.6 Å². The van der Waals surface area contributed by atoms with Crippen molar-refractivity contribution in [1.82, 2.24) is 9.55 Å². The van der Waals surface area contributed by atoms with Gasteiger partial charge in [-0.25, -0.2) is 9.55 Å². The largest absolute Gasteiger partial charge is 0.358 e. The molecule has 0 saturated heterocycles. The van der Waals surface area contributed by atoms with Gasteiger partial charge in [0.15, 0.2) is 0 Å². The summed E-state index contributed by atoms with van der Waals surface area (Å²) in [6.45, 7) is 1.72. The smallest absolute Gasteiger partial charge is 0.342 e. The summed E-state index contributed by atoms with van der Waals surface area (Å²) in [6.07, 6.45) is 1.20. The molecule has 0 aliphatic rings. The lowest BCUT2D eigenvalue weighted by Crippen LogP contribution is -2.02. The highest BCUT2D eigenvalue weighted by Crippen LogP contribution is 2.21. The molecule has 1 rings (SSSR count). The van der Waals surface area contributed by atoms with Crippen molar-refractivity contribution in [2.24, 2.45) is 7.05 Å². The maximum absolute atomic E-state index is 10.4. The van der Waals surface area contributed by atoms with Crippen molar-refractivity contribution in [1.29, 1.82) is 0 Å². The second-order valence-electron chi connectivity index (χ2n) is 2.41. The number of halogens is 1. The Balaban J connectivity index is 3.13. The van der Waals surface area contributed by atoms with Crippen molar-refractivity contribution >= 4 is 17.4 Å². The van der Waals surface area contributed by atoms with Crippen molar-refractivity contribution in [2.45, 2.75) is 12.3 Å². The highest BCUT2D eigenvalue weighted by atomic mass is 35.5. The Kier molecular flexibility index (Phi) is 2.32. The maximum atomic E-state index is 10.4. The molecule has 0 amide bonds. The number of imidazole rings is 1. The molecule has 5 nitrogen and oxygen atoms in total. The maximum Gasteiger partial charge on any atom is 0.342 e. The van der Waals surface area contributed by atoms with Crippen LogP contribution in [0.25, 0.3) is 0 Å². The number of aromatic nitrogens is 2. The summed E-state index contributed by atoms with van der Waals surface area (Å²) < 4.78 is 1.37. The van der Waals surface area contributed by atoms with Crippen LogP contribution in [0.15, 0.2) is 6.20 Å². The fourth-order valence-corrected chi connectivity index (χ4v) is 1.16. The molecule has 0 spiro atoms. The van der Waals surface area contributed by atoms with E-state index in [-0.39, 0.29) is 11.2 Å². The summed E-state index contributed by atoms with van der Waals surface area (Å²) in [5.74, 6) is 0.459. The average Bonchev–Trinajstić information content (AvgIpc) is 2.30. The van der Waals surface area contributed by atoms with Gasteiger partial charge < -0.3 is 10.1 Å². The zero-order chi connectivity index (χ0) is 9.30. The van der Waals surface area contributed by atoms with Gasteiger partial charge in [-0.3, -0.25) is 0 Å². The zero-order valence-corrected chi connectivity index (χ0v) is 7.45. The first-order valence-electron chi connectivity index (χ1n) is 3.34. The second kappa shape index (κ2) is 3.10. The monoisotopic (exact) mass is 189 g/mol. The van der Waals surface area contributed by atoms with Gasteiger partial charge in [0.05, 0.1) is 7.05 Å². The van der Waals surface area contributed by atoms with E-state index in [0.29, 0.717) is 5.82 Å². The molecule has 0 radical (unpaired) electrons. The lowest BCUT2D eigenvalue weighted by Gasteiger charge is -1.98. The Morgan fingerprint density at radius 2 is 2.42 bits per heavy atom. The van der Waals surface area contributed by atoms with Crippen molar-refractivity contribution < 1.29 is 4.92 Å². The number of hydrogen-bond acceptors (Lipinski definition) is 3. The number of alkyl halides is 1. The number of nitro groups is 1. The van der Waals surface area contributed by atoms with E-state index in [4.69, 9.17) is 11.6 Å². The van der Waals surface area contributed by atoms with Crippen molar-refractivity contribution in [3.05, 3.63) is 22.1 Å². The molecular formula is C6H8ClN3O2. The van der Waals surface area contributed by atoms with Gasteiger partial charge in [0, 0.05) is 0 Å². The van der Waals surface area contributed by atoms with Crippen molar-refractivity contribution in [2.75, 3.05) is 0 Å². The highest BCUT2D eigenvalue weighted by Gasteiger charge is 2.19. The van der Waals surface area contributed by atoms with E-state index in [9.17, 15) is 10.1 Å². The van der Waals surface area contributed by atoms with Crippen LogP contribution in [-0.2, 0) is 7.05 Å². The summed E-state index contributed by atoms with van der Waals surface area (Å²) in [5.41, 5.74) is 0. The van der Waals surface area contributed by atoms with E-state index >= 15 is 0 Å². The standard InChI is InChI=1S/C6H8ClN3O2/c1-4(7)6-8-3-5(9(6)2)10(11)12/h3-4H,1-2H3. The van der Waals surface area contributed by atoms with Crippen LogP contribution in [0.1, 0.15) is 18.1 Å². The van der Waals surface area contributed by atoms with Gasteiger partial charge in [-0.05, 0) is 11.8 Å². The normalized spacial score (nSPS) is 12.9. The average molecular weight is 190 g/mol. The summed E-state index contributed by atoms with van der Waals surface area (Å²) in [7, 11) is 1.57. The second-order valence-corrected chi connectivity index (χ2v) is 3.06. The van der Waals surface area contributed by atoms with Crippen molar-refractivity contribution in [3.8, 4) is 0 Å². The number of hydrogen-bond donors (Lipinski definition) is 0. The van der Waals surface area contributed by atoms with E-state index in [1.165, 1.54) is 10.8 Å². The van der Waals surface area contributed by atoms with Gasteiger partial charge >= 0.3 is 5.82 Å². The third kappa shape index (κ3) is 1.40. The third-order valence-electron chi connectivity index (χ3n) is 1.54. The molecule has 1 unspecified atom stereocenters. The van der Waals surface area contributed by atoms with Crippen LogP contribution >= 0.6 is 11.6 Å². The molecule has 0 saturated carbocycles. The molecular weight excluding hydrogens is 182 g/mol. The fourth-order valence-electron chi connectivity index (χ4n) is 0.954. The van der Waals surface area contributed by atoms with Gasteiger partial charge in [-0.1, -0.05) is 0 Å². The number of nitrogens with zero attached hydrogens (tertiary/aromatic N) is 3. The van der Waals surface area contributed by atoms with Crippen LogP contribution in [0.3, 0.4) is 0 Å². The molecule has 1 heterocycles. The molecule has 6 heteroatoms. The van der Waals surface area contributed by atoms with E-state index in [1.807, 2.05) is 0 Å². The van der Waals surface area contributed by atoms with Crippen LogP contribution in [0, 0.1) is 10.1 Å². The topological polar surface area (TPSA) is 61.0 Å². The Hall–Kier alpha value is -1.10. The molecule has 0 bridgehead atoms. The SMILES string of the molecule is CC(Cl)c1ncc([N+](=O)[O-])n1C. The summed E-state index contributed by atoms with van der Waals surface area (Å²) in [5, 5.41) is 10.0. The molecule has 0 aliphatic carbocycles. The molecule has 0 fully saturated rings. The lowest BCUT2D eigenvalue weighted by molar-refractivity contribution is -0.391. The minimum Gasteiger partial charge on any atom is -0.358 e. The van der Waals surface area contributed by atoms with E-state index in [1.54, 1.807) is 14.0 Å². The first kappa shape index (κ1) is 8.99. The molecule has 0 aliphatic heterocycles. The predicted octanol–water partition coefficient (Wildman–Crippen LogP) is 1.63. The van der Waals surface area contributed by atoms with Crippen molar-refractivity contribution in [3.63, 3.8) is 0 Å². The van der Waals surface area contributed by atoms with E-state index < -0.39 is 4.92 Å². The van der Waals surface area contributed by atoms with Crippen LogP contribution < -0.4 is 0 Å². The lowest BCUT2D eigenvalue weighted by atomic mass is 10.4. The fraction of sp³-hybridized carbons (Fsp3) is 0.500. The summed E-state index contributed by atoms with van der Waals surface area (Å²) >= 11 is 5.72. The van der Waals surface area contributed by atoms with E-state index in [2.05, 4.69) is 4.98 Å². The molecule has 1 atom stereocenters. The van der Waals surface area contributed by atoms with Gasteiger partial charge in [0.2, 0.25) is 5.82 Å². The Bertz CT molecular complexity index is 308. The molecule has 12 heavy (non-hydrogen) atoms. The van der Waals surface area contributed by atoms with Gasteiger partial charge in [-0.2, -0.15) is 0 Å². The quantitative estimate of drug-likeness (QED) is 0.404. The Labute approximate surface area is 74.1 Å². The van der Waals surface area contributed by atoms with Gasteiger partial charge in [-0.15, -0.1) is 11.6 Å². The molecule has 0 aromatic carbocycles. The predicted molar refractivity (Wildman–Crippen MR) is 44.1 cm³/mol. The Morgan fingerprint density at radius 1 is 1.83 bits per heavy atom. The van der Waals surface area contributed by atoms with E-state index in [0.717, 1.165) is 0 Å². The molecule has 1 aromatic rings. The number of rotatable bonds is 2. The summed E-state index contributed by atoms with van der Waals surface area (Å²) in [6, 6.07) is 0. The first-order chi connectivity index (χ1) is 5.54. The van der Waals surface area contributed by atoms with Crippen LogP contribution in [-0.4, -0.2) is 14.5 Å². The minimum atomic E-state index is -0.490. The van der Waals surface area contributed by atoms with Gasteiger partial charge in [0.25, 0.3) is 0 Å². The molecule has 0 N–H and O–H groups in total. The van der Waals surface area contributed by atoms with Crippen LogP contribution in [0.4, 0.5) is 5.82 Å². The summed E-state index contributed by atoms with van der Waals surface area (Å²) in [4.78, 5) is 13.7. The molecule has 66 valence electrons. The third-order valence-corrected chi connectivity index (χ3v) is 1.74. The molecule has 1 aromatic heterocycles. The highest BCUT2D eigenvalue weighted by molar-refractivity contribution is 6.20. The minimum absolute atomic E-state index is 0.0440.